The van der Waals surface area contributed by atoms with Crippen molar-refractivity contribution >= 4 is 5.91 Å². The van der Waals surface area contributed by atoms with E-state index in [1.807, 2.05) is 6.07 Å². The van der Waals surface area contributed by atoms with Gasteiger partial charge >= 0.3 is 0 Å². The maximum absolute atomic E-state index is 13.4. The summed E-state index contributed by atoms with van der Waals surface area (Å²) >= 11 is 0. The summed E-state index contributed by atoms with van der Waals surface area (Å²) < 4.78 is 5.36. The minimum Gasteiger partial charge on any atom is -0.497 e. The number of carbonyl (C=O) groups is 1. The van der Waals surface area contributed by atoms with E-state index < -0.39 is 0 Å². The molecule has 0 bridgehead atoms. The van der Waals surface area contributed by atoms with Crippen LogP contribution in [0.25, 0.3) is 0 Å². The van der Waals surface area contributed by atoms with Crippen LogP contribution in [0.2, 0.25) is 0 Å². The average Bonchev–Trinajstić information content (AvgIpc) is 3.13. The number of fused-ring (bicyclic) bond motifs is 1. The van der Waals surface area contributed by atoms with Crippen molar-refractivity contribution in [3.63, 3.8) is 0 Å². The number of rotatable bonds is 3. The first-order chi connectivity index (χ1) is 12.2. The quantitative estimate of drug-likeness (QED) is 0.917. The van der Waals surface area contributed by atoms with E-state index in [4.69, 9.17) is 4.74 Å². The van der Waals surface area contributed by atoms with Gasteiger partial charge in [-0.2, -0.15) is 0 Å². The van der Waals surface area contributed by atoms with Gasteiger partial charge < -0.3 is 15.0 Å². The minimum atomic E-state index is -0.0962. The molecule has 0 radical (unpaired) electrons. The molecular weight excluding hydrogens is 312 g/mol. The van der Waals surface area contributed by atoms with Gasteiger partial charge in [0.25, 0.3) is 0 Å². The van der Waals surface area contributed by atoms with Crippen molar-refractivity contribution in [1.29, 1.82) is 0 Å². The summed E-state index contributed by atoms with van der Waals surface area (Å²) in [7, 11) is 1.72. The first kappa shape index (κ1) is 16.9. The molecule has 2 heterocycles. The molecule has 4 heteroatoms. The van der Waals surface area contributed by atoms with Crippen molar-refractivity contribution in [1.82, 2.24) is 10.2 Å². The molecule has 1 aromatic rings. The van der Waals surface area contributed by atoms with Crippen molar-refractivity contribution in [2.24, 2.45) is 11.3 Å². The molecule has 1 aromatic carbocycles. The van der Waals surface area contributed by atoms with E-state index in [2.05, 4.69) is 28.4 Å². The third-order valence-corrected chi connectivity index (χ3v) is 6.81. The standard InChI is InChI=1S/C21H30N2O2/c1-25-19-7-4-5-17(13-19)16-8-11-23(12-9-16)20(24)21-10-3-2-6-18(21)14-22-15-21/h4-5,7,13,16,18,22H,2-3,6,8-12,14-15H2,1H3/t18-,21+/m0/s1. The summed E-state index contributed by atoms with van der Waals surface area (Å²) in [5.41, 5.74) is 1.25. The van der Waals surface area contributed by atoms with Gasteiger partial charge in [0.15, 0.2) is 0 Å². The lowest BCUT2D eigenvalue weighted by molar-refractivity contribution is -0.146. The summed E-state index contributed by atoms with van der Waals surface area (Å²) in [6.07, 6.45) is 6.93. The molecule has 2 aliphatic heterocycles. The molecule has 2 saturated heterocycles. The number of methoxy groups -OCH3 is 1. The van der Waals surface area contributed by atoms with E-state index >= 15 is 0 Å². The maximum Gasteiger partial charge on any atom is 0.230 e. The van der Waals surface area contributed by atoms with Crippen LogP contribution in [-0.2, 0) is 4.79 Å². The Bertz CT molecular complexity index is 624. The molecule has 1 amide bonds. The van der Waals surface area contributed by atoms with Gasteiger partial charge in [-0.15, -0.1) is 0 Å². The van der Waals surface area contributed by atoms with Crippen LogP contribution in [-0.4, -0.2) is 44.1 Å². The lowest BCUT2D eigenvalue weighted by atomic mass is 9.67. The third kappa shape index (κ3) is 3.05. The number of nitrogens with zero attached hydrogens (tertiary/aromatic N) is 1. The Labute approximate surface area is 150 Å². The molecule has 0 unspecified atom stereocenters. The van der Waals surface area contributed by atoms with Crippen molar-refractivity contribution in [2.75, 3.05) is 33.3 Å². The molecule has 4 nitrogen and oxygen atoms in total. The largest absolute Gasteiger partial charge is 0.497 e. The van der Waals surface area contributed by atoms with Crippen LogP contribution in [0.5, 0.6) is 5.75 Å². The average molecular weight is 342 g/mol. The number of benzene rings is 1. The zero-order valence-corrected chi connectivity index (χ0v) is 15.3. The van der Waals surface area contributed by atoms with Crippen LogP contribution < -0.4 is 10.1 Å². The molecular formula is C21H30N2O2. The number of carbonyl (C=O) groups excluding carboxylic acids is 1. The number of nitrogens with one attached hydrogen (secondary N) is 1. The first-order valence-corrected chi connectivity index (χ1v) is 9.87. The zero-order chi connectivity index (χ0) is 17.3. The predicted octanol–water partition coefficient (Wildman–Crippen LogP) is 3.18. The number of amides is 1. The Balaban J connectivity index is 1.42. The molecule has 136 valence electrons. The normalized spacial score (nSPS) is 30.1. The van der Waals surface area contributed by atoms with Gasteiger partial charge in [-0.3, -0.25) is 4.79 Å². The molecule has 3 aliphatic rings. The van der Waals surface area contributed by atoms with E-state index in [0.29, 0.717) is 17.7 Å². The number of likely N-dealkylation sites (tertiary alicyclic amines) is 1. The van der Waals surface area contributed by atoms with Crippen LogP contribution in [0.3, 0.4) is 0 Å². The Morgan fingerprint density at radius 1 is 1.24 bits per heavy atom. The lowest BCUT2D eigenvalue weighted by Crippen LogP contribution is -2.51. The predicted molar refractivity (Wildman–Crippen MR) is 98.8 cm³/mol. The highest BCUT2D eigenvalue weighted by Crippen LogP contribution is 2.45. The molecule has 1 aliphatic carbocycles. The Morgan fingerprint density at radius 2 is 2.08 bits per heavy atom. The summed E-state index contributed by atoms with van der Waals surface area (Å²) in [5.74, 6) is 2.47. The Hall–Kier alpha value is -1.55. The molecule has 1 N–H and O–H groups in total. The summed E-state index contributed by atoms with van der Waals surface area (Å²) in [5, 5.41) is 3.51. The molecule has 0 aromatic heterocycles. The topological polar surface area (TPSA) is 41.6 Å². The van der Waals surface area contributed by atoms with Crippen molar-refractivity contribution in [3.05, 3.63) is 29.8 Å². The number of hydrogen-bond donors (Lipinski definition) is 1. The highest BCUT2D eigenvalue weighted by molar-refractivity contribution is 5.84. The minimum absolute atomic E-state index is 0.0962. The number of hydrogen-bond acceptors (Lipinski definition) is 3. The zero-order valence-electron chi connectivity index (χ0n) is 15.3. The van der Waals surface area contributed by atoms with Crippen LogP contribution in [0.1, 0.15) is 50.0 Å². The molecule has 3 fully saturated rings. The van der Waals surface area contributed by atoms with Gasteiger partial charge in [0, 0.05) is 19.6 Å². The molecule has 0 spiro atoms. The summed E-state index contributed by atoms with van der Waals surface area (Å²) in [6.45, 7) is 3.72. The van der Waals surface area contributed by atoms with Crippen LogP contribution in [0, 0.1) is 11.3 Å². The third-order valence-electron chi connectivity index (χ3n) is 6.81. The fourth-order valence-electron chi connectivity index (χ4n) is 5.29. The Kier molecular flexibility index (Phi) is 4.72. The SMILES string of the molecule is COc1cccc(C2CCN(C(=O)[C@@]34CCCC[C@H]3CNC4)CC2)c1. The Morgan fingerprint density at radius 3 is 2.88 bits per heavy atom. The second kappa shape index (κ2) is 6.99. The molecule has 4 rings (SSSR count). The van der Waals surface area contributed by atoms with Crippen molar-refractivity contribution in [2.45, 2.75) is 44.4 Å². The smallest absolute Gasteiger partial charge is 0.230 e. The van der Waals surface area contributed by atoms with E-state index in [1.54, 1.807) is 7.11 Å². The van der Waals surface area contributed by atoms with E-state index in [-0.39, 0.29) is 5.41 Å². The second-order valence-corrected chi connectivity index (χ2v) is 8.07. The fourth-order valence-corrected chi connectivity index (χ4v) is 5.29. The number of piperidine rings is 1. The highest BCUT2D eigenvalue weighted by atomic mass is 16.5. The van der Waals surface area contributed by atoms with E-state index in [0.717, 1.165) is 51.2 Å². The van der Waals surface area contributed by atoms with E-state index in [1.165, 1.54) is 24.8 Å². The van der Waals surface area contributed by atoms with Crippen LogP contribution >= 0.6 is 0 Å². The monoisotopic (exact) mass is 342 g/mol. The van der Waals surface area contributed by atoms with Gasteiger partial charge in [0.2, 0.25) is 5.91 Å². The molecule has 25 heavy (non-hydrogen) atoms. The van der Waals surface area contributed by atoms with Gasteiger partial charge in [0.05, 0.1) is 12.5 Å². The van der Waals surface area contributed by atoms with Gasteiger partial charge in [-0.25, -0.2) is 0 Å². The van der Waals surface area contributed by atoms with Crippen LogP contribution in [0.4, 0.5) is 0 Å². The van der Waals surface area contributed by atoms with Crippen molar-refractivity contribution < 1.29 is 9.53 Å². The molecule has 2 atom stereocenters. The van der Waals surface area contributed by atoms with Gasteiger partial charge in [-0.05, 0) is 61.8 Å². The fraction of sp³-hybridized carbons (Fsp3) is 0.667. The van der Waals surface area contributed by atoms with Gasteiger partial charge in [-0.1, -0.05) is 25.0 Å². The van der Waals surface area contributed by atoms with Crippen molar-refractivity contribution in [3.8, 4) is 5.75 Å². The summed E-state index contributed by atoms with van der Waals surface area (Å²) in [6, 6.07) is 8.42. The lowest BCUT2D eigenvalue weighted by Gasteiger charge is -2.43. The molecule has 1 saturated carbocycles. The van der Waals surface area contributed by atoms with Crippen LogP contribution in [0.15, 0.2) is 24.3 Å². The first-order valence-electron chi connectivity index (χ1n) is 9.87. The van der Waals surface area contributed by atoms with Gasteiger partial charge in [0.1, 0.15) is 5.75 Å². The highest BCUT2D eigenvalue weighted by Gasteiger charge is 2.51. The number of ether oxygens (including phenoxy) is 1. The van der Waals surface area contributed by atoms with E-state index in [9.17, 15) is 4.79 Å². The maximum atomic E-state index is 13.4. The summed E-state index contributed by atoms with van der Waals surface area (Å²) in [4.78, 5) is 15.5. The second-order valence-electron chi connectivity index (χ2n) is 8.07.